The molecule has 0 unspecified atom stereocenters. The van der Waals surface area contributed by atoms with Crippen LogP contribution in [0.4, 0.5) is 9.52 Å². The van der Waals surface area contributed by atoms with Crippen molar-refractivity contribution in [3.05, 3.63) is 36.3 Å². The smallest absolute Gasteiger partial charge is 0.215 e. The Balaban J connectivity index is 1.38. The maximum Gasteiger partial charge on any atom is 0.215 e. The third-order valence-corrected chi connectivity index (χ3v) is 6.94. The summed E-state index contributed by atoms with van der Waals surface area (Å²) in [4.78, 5) is 5.15. The van der Waals surface area contributed by atoms with E-state index in [9.17, 15) is 12.8 Å². The molecule has 1 aromatic carbocycles. The van der Waals surface area contributed by atoms with Crippen LogP contribution in [0.25, 0.3) is 16.2 Å². The number of hydrogen-bond donors (Lipinski definition) is 1. The number of anilines is 1. The van der Waals surface area contributed by atoms with Crippen molar-refractivity contribution in [2.45, 2.75) is 0 Å². The summed E-state index contributed by atoms with van der Waals surface area (Å²) in [6.07, 6.45) is 1.76. The van der Waals surface area contributed by atoms with E-state index in [2.05, 4.69) is 15.4 Å². The third-order valence-electron chi connectivity index (χ3n) is 4.18. The van der Waals surface area contributed by atoms with Gasteiger partial charge in [-0.2, -0.15) is 4.31 Å². The highest BCUT2D eigenvalue weighted by molar-refractivity contribution is 7.89. The van der Waals surface area contributed by atoms with Crippen molar-refractivity contribution in [2.24, 2.45) is 0 Å². The number of nitrogens with zero attached hydrogens (tertiary/aromatic N) is 4. The molecular formula is C16H18FN5O3S2. The fraction of sp³-hybridized carbons (Fsp3) is 0.375. The quantitative estimate of drug-likeness (QED) is 0.664. The standard InChI is InChI=1S/C16H18FN5O3S2/c17-13-3-1-12(2-4-13)14-11-22-16(19-14)26-15(20-22)18-5-10-27(23,24)21-6-8-25-9-7-21/h1-4,11H,5-10H2,(H,18,20). The van der Waals surface area contributed by atoms with Crippen LogP contribution in [0, 0.1) is 5.82 Å². The van der Waals surface area contributed by atoms with Crippen LogP contribution in [0.15, 0.2) is 30.5 Å². The minimum atomic E-state index is -3.30. The van der Waals surface area contributed by atoms with E-state index >= 15 is 0 Å². The summed E-state index contributed by atoms with van der Waals surface area (Å²) in [6.45, 7) is 1.94. The largest absolute Gasteiger partial charge is 0.379 e. The summed E-state index contributed by atoms with van der Waals surface area (Å²) in [5.74, 6) is -0.299. The van der Waals surface area contributed by atoms with E-state index < -0.39 is 10.0 Å². The summed E-state index contributed by atoms with van der Waals surface area (Å²) >= 11 is 1.33. The Kier molecular flexibility index (Phi) is 5.08. The number of halogens is 1. The van der Waals surface area contributed by atoms with Crippen LogP contribution in [0.1, 0.15) is 0 Å². The molecule has 4 rings (SSSR count). The Bertz CT molecular complexity index is 995. The first-order chi connectivity index (χ1) is 13.0. The second-order valence-corrected chi connectivity index (χ2v) is 9.07. The first kappa shape index (κ1) is 18.3. The number of ether oxygens (including phenoxy) is 1. The molecule has 27 heavy (non-hydrogen) atoms. The van der Waals surface area contributed by atoms with Crippen molar-refractivity contribution < 1.29 is 17.5 Å². The Morgan fingerprint density at radius 3 is 2.67 bits per heavy atom. The number of imidazole rings is 1. The van der Waals surface area contributed by atoms with Gasteiger partial charge in [0.15, 0.2) is 0 Å². The van der Waals surface area contributed by atoms with Gasteiger partial charge in [-0.3, -0.25) is 0 Å². The number of benzene rings is 1. The van der Waals surface area contributed by atoms with Gasteiger partial charge in [0, 0.05) is 25.2 Å². The molecule has 1 saturated heterocycles. The van der Waals surface area contributed by atoms with Crippen molar-refractivity contribution in [1.82, 2.24) is 18.9 Å². The predicted octanol–water partition coefficient (Wildman–Crippen LogP) is 1.67. The summed E-state index contributed by atoms with van der Waals surface area (Å²) < 4.78 is 45.9. The molecule has 2 aromatic heterocycles. The molecule has 0 spiro atoms. The van der Waals surface area contributed by atoms with Crippen molar-refractivity contribution in [1.29, 1.82) is 0 Å². The second kappa shape index (κ2) is 7.50. The van der Waals surface area contributed by atoms with Crippen LogP contribution < -0.4 is 5.32 Å². The third kappa shape index (κ3) is 4.10. The van der Waals surface area contributed by atoms with Crippen LogP contribution in [-0.2, 0) is 14.8 Å². The van der Waals surface area contributed by atoms with Gasteiger partial charge < -0.3 is 10.1 Å². The average Bonchev–Trinajstić information content (AvgIpc) is 3.22. The Morgan fingerprint density at radius 2 is 1.96 bits per heavy atom. The normalized spacial score (nSPS) is 16.0. The SMILES string of the molecule is O=S(=O)(CCNc1nn2cc(-c3ccc(F)cc3)nc2s1)N1CCOCC1. The van der Waals surface area contributed by atoms with Gasteiger partial charge in [-0.15, -0.1) is 5.10 Å². The van der Waals surface area contributed by atoms with E-state index in [-0.39, 0.29) is 18.1 Å². The highest BCUT2D eigenvalue weighted by Crippen LogP contribution is 2.24. The molecule has 11 heteroatoms. The molecule has 0 radical (unpaired) electrons. The van der Waals surface area contributed by atoms with Crippen molar-refractivity contribution in [3.63, 3.8) is 0 Å². The van der Waals surface area contributed by atoms with Crippen LogP contribution in [0.3, 0.4) is 0 Å². The minimum Gasteiger partial charge on any atom is -0.379 e. The van der Waals surface area contributed by atoms with Crippen LogP contribution >= 0.6 is 11.3 Å². The van der Waals surface area contributed by atoms with Gasteiger partial charge >= 0.3 is 0 Å². The first-order valence-corrected chi connectivity index (χ1v) is 10.9. The van der Waals surface area contributed by atoms with Gasteiger partial charge in [0.1, 0.15) is 5.82 Å². The number of nitrogens with one attached hydrogen (secondary N) is 1. The molecule has 0 atom stereocenters. The van der Waals surface area contributed by atoms with Crippen molar-refractivity contribution in [3.8, 4) is 11.3 Å². The number of sulfonamides is 1. The minimum absolute atomic E-state index is 0.00424. The molecule has 0 aliphatic carbocycles. The van der Waals surface area contributed by atoms with Crippen LogP contribution in [-0.4, -0.2) is 65.9 Å². The zero-order valence-electron chi connectivity index (χ0n) is 14.3. The van der Waals surface area contributed by atoms with Crippen LogP contribution in [0.2, 0.25) is 0 Å². The number of hydrogen-bond acceptors (Lipinski definition) is 7. The molecule has 1 aliphatic rings. The van der Waals surface area contributed by atoms with E-state index in [1.807, 2.05) is 0 Å². The van der Waals surface area contributed by atoms with Crippen molar-refractivity contribution in [2.75, 3.05) is 43.9 Å². The monoisotopic (exact) mass is 411 g/mol. The van der Waals surface area contributed by atoms with E-state index in [4.69, 9.17) is 4.74 Å². The summed E-state index contributed by atoms with van der Waals surface area (Å²) in [6, 6.07) is 6.10. The van der Waals surface area contributed by atoms with E-state index in [1.54, 1.807) is 22.8 Å². The Labute approximate surface area is 159 Å². The summed E-state index contributed by atoms with van der Waals surface area (Å²) in [5, 5.41) is 8.01. The molecule has 1 aliphatic heterocycles. The first-order valence-electron chi connectivity index (χ1n) is 8.43. The molecule has 144 valence electrons. The Hall–Kier alpha value is -2.08. The van der Waals surface area contributed by atoms with Crippen molar-refractivity contribution >= 4 is 31.5 Å². The molecule has 3 heterocycles. The number of morpholine rings is 1. The van der Waals surface area contributed by atoms with Gasteiger partial charge in [-0.05, 0) is 24.3 Å². The zero-order valence-corrected chi connectivity index (χ0v) is 16.0. The molecule has 0 amide bonds. The highest BCUT2D eigenvalue weighted by Gasteiger charge is 2.23. The Morgan fingerprint density at radius 1 is 1.22 bits per heavy atom. The summed E-state index contributed by atoms with van der Waals surface area (Å²) in [7, 11) is -3.30. The molecule has 1 fully saturated rings. The average molecular weight is 411 g/mol. The van der Waals surface area contributed by atoms with Gasteiger partial charge in [0.05, 0.1) is 30.9 Å². The topological polar surface area (TPSA) is 88.8 Å². The maximum absolute atomic E-state index is 13.0. The van der Waals surface area contributed by atoms with E-state index in [0.717, 1.165) is 5.56 Å². The molecule has 3 aromatic rings. The number of aromatic nitrogens is 3. The number of rotatable bonds is 6. The van der Waals surface area contributed by atoms with Gasteiger partial charge in [-0.25, -0.2) is 22.3 Å². The zero-order chi connectivity index (χ0) is 18.9. The lowest BCUT2D eigenvalue weighted by atomic mass is 10.2. The molecule has 0 bridgehead atoms. The lowest BCUT2D eigenvalue weighted by molar-refractivity contribution is 0.0731. The van der Waals surface area contributed by atoms with E-state index in [1.165, 1.54) is 27.8 Å². The van der Waals surface area contributed by atoms with Gasteiger partial charge in [-0.1, -0.05) is 11.3 Å². The summed E-state index contributed by atoms with van der Waals surface area (Å²) in [5.41, 5.74) is 1.51. The predicted molar refractivity (Wildman–Crippen MR) is 101 cm³/mol. The molecule has 8 nitrogen and oxygen atoms in total. The maximum atomic E-state index is 13.0. The lowest BCUT2D eigenvalue weighted by Gasteiger charge is -2.25. The molecule has 1 N–H and O–H groups in total. The second-order valence-electron chi connectivity index (χ2n) is 6.02. The fourth-order valence-corrected chi connectivity index (χ4v) is 4.90. The lowest BCUT2D eigenvalue weighted by Crippen LogP contribution is -2.42. The van der Waals surface area contributed by atoms with Crippen LogP contribution in [0.5, 0.6) is 0 Å². The van der Waals surface area contributed by atoms with E-state index in [0.29, 0.717) is 42.1 Å². The number of fused-ring (bicyclic) bond motifs is 1. The fourth-order valence-electron chi connectivity index (χ4n) is 2.77. The van der Waals surface area contributed by atoms with Gasteiger partial charge in [0.2, 0.25) is 20.1 Å². The highest BCUT2D eigenvalue weighted by atomic mass is 32.2. The molecule has 0 saturated carbocycles. The van der Waals surface area contributed by atoms with Gasteiger partial charge in [0.25, 0.3) is 0 Å². The molecular weight excluding hydrogens is 393 g/mol.